The summed E-state index contributed by atoms with van der Waals surface area (Å²) in [6, 6.07) is 4.12. The first-order valence-corrected chi connectivity index (χ1v) is 6.06. The third-order valence-corrected chi connectivity index (χ3v) is 3.56. The van der Waals surface area contributed by atoms with E-state index in [1.54, 1.807) is 0 Å². The van der Waals surface area contributed by atoms with Crippen molar-refractivity contribution in [3.05, 3.63) is 59.4 Å². The Balaban J connectivity index is 2.43. The zero-order chi connectivity index (χ0) is 15.0. The molecular formula is C14H9ClF4O. The SMILES string of the molecule is O=C(Cl)C1(c2ccc(C(F)(F)F)cc2)C=CC(F)=CC1. The molecule has 1 aromatic carbocycles. The van der Waals surface area contributed by atoms with Gasteiger partial charge in [0, 0.05) is 0 Å². The number of hydrogen-bond donors (Lipinski definition) is 0. The molecule has 0 spiro atoms. The first-order chi connectivity index (χ1) is 9.25. The molecule has 2 rings (SSSR count). The lowest BCUT2D eigenvalue weighted by molar-refractivity contribution is -0.137. The van der Waals surface area contributed by atoms with E-state index >= 15 is 0 Å². The van der Waals surface area contributed by atoms with Crippen LogP contribution in [0.2, 0.25) is 0 Å². The van der Waals surface area contributed by atoms with Crippen LogP contribution in [0.5, 0.6) is 0 Å². The van der Waals surface area contributed by atoms with Crippen LogP contribution in [0.3, 0.4) is 0 Å². The molecule has 0 aliphatic heterocycles. The molecule has 106 valence electrons. The van der Waals surface area contributed by atoms with Crippen molar-refractivity contribution in [2.24, 2.45) is 0 Å². The van der Waals surface area contributed by atoms with Crippen molar-refractivity contribution >= 4 is 16.8 Å². The number of hydrogen-bond acceptors (Lipinski definition) is 1. The van der Waals surface area contributed by atoms with Crippen LogP contribution in [-0.2, 0) is 16.4 Å². The van der Waals surface area contributed by atoms with E-state index in [1.807, 2.05) is 0 Å². The van der Waals surface area contributed by atoms with E-state index in [0.717, 1.165) is 18.2 Å². The number of carbonyl (C=O) groups is 1. The average Bonchev–Trinajstić information content (AvgIpc) is 2.39. The number of rotatable bonds is 2. The van der Waals surface area contributed by atoms with E-state index in [0.29, 0.717) is 5.56 Å². The van der Waals surface area contributed by atoms with E-state index in [-0.39, 0.29) is 6.42 Å². The average molecular weight is 305 g/mol. The fourth-order valence-corrected chi connectivity index (χ4v) is 2.30. The molecule has 0 saturated heterocycles. The highest BCUT2D eigenvalue weighted by atomic mass is 35.5. The molecule has 1 nitrogen and oxygen atoms in total. The molecule has 6 heteroatoms. The van der Waals surface area contributed by atoms with Crippen molar-refractivity contribution in [2.75, 3.05) is 0 Å². The predicted molar refractivity (Wildman–Crippen MR) is 66.9 cm³/mol. The summed E-state index contributed by atoms with van der Waals surface area (Å²) >= 11 is 5.56. The highest BCUT2D eigenvalue weighted by Gasteiger charge is 2.38. The Kier molecular flexibility index (Phi) is 3.73. The van der Waals surface area contributed by atoms with Crippen LogP contribution in [0.4, 0.5) is 17.6 Å². The minimum absolute atomic E-state index is 0.0248. The van der Waals surface area contributed by atoms with Crippen LogP contribution in [0.1, 0.15) is 17.5 Å². The summed E-state index contributed by atoms with van der Waals surface area (Å²) in [6.07, 6.45) is -0.937. The zero-order valence-corrected chi connectivity index (χ0v) is 10.8. The van der Waals surface area contributed by atoms with E-state index < -0.39 is 28.2 Å². The highest BCUT2D eigenvalue weighted by Crippen LogP contribution is 2.38. The van der Waals surface area contributed by atoms with Gasteiger partial charge in [0.2, 0.25) is 5.24 Å². The van der Waals surface area contributed by atoms with Gasteiger partial charge in [0.05, 0.1) is 11.0 Å². The quantitative estimate of drug-likeness (QED) is 0.580. The first-order valence-electron chi connectivity index (χ1n) is 5.68. The second-order valence-electron chi connectivity index (χ2n) is 4.45. The predicted octanol–water partition coefficient (Wildman–Crippen LogP) is 4.52. The molecule has 1 atom stereocenters. The van der Waals surface area contributed by atoms with Crippen molar-refractivity contribution in [3.8, 4) is 0 Å². The summed E-state index contributed by atoms with van der Waals surface area (Å²) in [5.41, 5.74) is -1.84. The van der Waals surface area contributed by atoms with E-state index in [2.05, 4.69) is 0 Å². The number of carbonyl (C=O) groups excluding carboxylic acids is 1. The second kappa shape index (κ2) is 5.05. The van der Waals surface area contributed by atoms with Crippen LogP contribution in [-0.4, -0.2) is 5.24 Å². The standard InChI is InChI=1S/C14H9ClF4O/c15-12(20)13(7-5-11(16)6-8-13)9-1-3-10(4-2-9)14(17,18)19/h1-7H,8H2. The van der Waals surface area contributed by atoms with Gasteiger partial charge < -0.3 is 0 Å². The summed E-state index contributed by atoms with van der Waals surface area (Å²) in [7, 11) is 0. The minimum Gasteiger partial charge on any atom is -0.280 e. The Hall–Kier alpha value is -1.62. The van der Waals surface area contributed by atoms with E-state index in [4.69, 9.17) is 11.6 Å². The number of halogens is 5. The van der Waals surface area contributed by atoms with Gasteiger partial charge in [-0.1, -0.05) is 18.2 Å². The molecule has 0 amide bonds. The molecule has 0 bridgehead atoms. The van der Waals surface area contributed by atoms with Gasteiger partial charge >= 0.3 is 6.18 Å². The molecule has 1 unspecified atom stereocenters. The van der Waals surface area contributed by atoms with Crippen molar-refractivity contribution in [2.45, 2.75) is 18.0 Å². The Morgan fingerprint density at radius 3 is 2.20 bits per heavy atom. The van der Waals surface area contributed by atoms with Crippen molar-refractivity contribution in [1.82, 2.24) is 0 Å². The van der Waals surface area contributed by atoms with Crippen LogP contribution in [0, 0.1) is 0 Å². The summed E-state index contributed by atoms with van der Waals surface area (Å²) in [5.74, 6) is -0.509. The van der Waals surface area contributed by atoms with Crippen LogP contribution in [0.15, 0.2) is 48.3 Å². The van der Waals surface area contributed by atoms with Gasteiger partial charge in [-0.25, -0.2) is 4.39 Å². The molecule has 1 aliphatic carbocycles. The zero-order valence-electron chi connectivity index (χ0n) is 10.0. The Bertz CT molecular complexity index is 586. The number of alkyl halides is 3. The second-order valence-corrected chi connectivity index (χ2v) is 4.79. The fourth-order valence-electron chi connectivity index (χ4n) is 2.05. The number of allylic oxidation sites excluding steroid dienone is 4. The fraction of sp³-hybridized carbons (Fsp3) is 0.214. The van der Waals surface area contributed by atoms with Gasteiger partial charge in [0.15, 0.2) is 0 Å². The normalized spacial score (nSPS) is 22.6. The Morgan fingerprint density at radius 1 is 1.20 bits per heavy atom. The number of benzene rings is 1. The summed E-state index contributed by atoms with van der Waals surface area (Å²) in [4.78, 5) is 11.6. The lowest BCUT2D eigenvalue weighted by Crippen LogP contribution is -2.31. The lowest BCUT2D eigenvalue weighted by Gasteiger charge is -2.28. The molecular weight excluding hydrogens is 296 g/mol. The van der Waals surface area contributed by atoms with Crippen LogP contribution >= 0.6 is 11.6 Å². The topological polar surface area (TPSA) is 17.1 Å². The molecule has 0 fully saturated rings. The third-order valence-electron chi connectivity index (χ3n) is 3.22. The maximum absolute atomic E-state index is 13.0. The highest BCUT2D eigenvalue weighted by molar-refractivity contribution is 6.65. The molecule has 20 heavy (non-hydrogen) atoms. The Labute approximate surface area is 117 Å². The van der Waals surface area contributed by atoms with Gasteiger partial charge in [0.25, 0.3) is 0 Å². The van der Waals surface area contributed by atoms with Gasteiger partial charge in [0.1, 0.15) is 5.83 Å². The lowest BCUT2D eigenvalue weighted by atomic mass is 9.76. The van der Waals surface area contributed by atoms with Crippen molar-refractivity contribution < 1.29 is 22.4 Å². The Morgan fingerprint density at radius 2 is 1.80 bits per heavy atom. The largest absolute Gasteiger partial charge is 0.416 e. The molecule has 0 saturated carbocycles. The van der Waals surface area contributed by atoms with Gasteiger partial charge in [-0.05, 0) is 47.9 Å². The van der Waals surface area contributed by atoms with Crippen LogP contribution in [0.25, 0.3) is 0 Å². The van der Waals surface area contributed by atoms with Crippen molar-refractivity contribution in [3.63, 3.8) is 0 Å². The molecule has 0 heterocycles. The van der Waals surface area contributed by atoms with E-state index in [1.165, 1.54) is 24.3 Å². The smallest absolute Gasteiger partial charge is 0.280 e. The third kappa shape index (κ3) is 2.63. The van der Waals surface area contributed by atoms with Gasteiger partial charge in [-0.3, -0.25) is 4.79 Å². The van der Waals surface area contributed by atoms with Crippen LogP contribution < -0.4 is 0 Å². The molecule has 1 aromatic rings. The molecule has 0 N–H and O–H groups in total. The summed E-state index contributed by atoms with van der Waals surface area (Å²) < 4.78 is 50.5. The molecule has 0 radical (unpaired) electrons. The first kappa shape index (κ1) is 14.8. The van der Waals surface area contributed by atoms with E-state index in [9.17, 15) is 22.4 Å². The molecule has 0 aromatic heterocycles. The van der Waals surface area contributed by atoms with Gasteiger partial charge in [-0.15, -0.1) is 0 Å². The monoisotopic (exact) mass is 304 g/mol. The molecule has 1 aliphatic rings. The minimum atomic E-state index is -4.45. The maximum atomic E-state index is 13.0. The maximum Gasteiger partial charge on any atom is 0.416 e. The summed E-state index contributed by atoms with van der Waals surface area (Å²) in [6.45, 7) is 0. The van der Waals surface area contributed by atoms with Gasteiger partial charge in [-0.2, -0.15) is 13.2 Å². The van der Waals surface area contributed by atoms with Crippen molar-refractivity contribution in [1.29, 1.82) is 0 Å². The summed E-state index contributed by atoms with van der Waals surface area (Å²) in [5, 5.41) is -0.766.